The Balaban J connectivity index is 1.96. The maximum Gasteiger partial charge on any atom is 0.265 e. The lowest BCUT2D eigenvalue weighted by Crippen LogP contribution is -2.45. The zero-order chi connectivity index (χ0) is 13.9. The molecule has 2 rings (SSSR count). The van der Waals surface area contributed by atoms with E-state index in [0.717, 1.165) is 25.7 Å². The molecule has 0 radical (unpaired) electrons. The van der Waals surface area contributed by atoms with Crippen molar-refractivity contribution in [2.24, 2.45) is 5.41 Å². The summed E-state index contributed by atoms with van der Waals surface area (Å²) < 4.78 is 5.14. The second kappa shape index (κ2) is 5.92. The molecule has 1 saturated carbocycles. The van der Waals surface area contributed by atoms with E-state index in [1.54, 1.807) is 13.2 Å². The molecule has 0 spiro atoms. The standard InChI is InChI=1S/C14H21NO3S/c1-14(7-4-3-5-11(14)16)9-15-13(17)12-10(18-2)6-8-19-12/h6,8,11,16H,3-5,7,9H2,1-2H3,(H,15,17)/t11-,14+/m0/s1. The number of carbonyl (C=O) groups excluding carboxylic acids is 1. The van der Waals surface area contributed by atoms with E-state index in [2.05, 4.69) is 5.32 Å². The molecule has 0 saturated heterocycles. The van der Waals surface area contributed by atoms with Crippen LogP contribution in [0.15, 0.2) is 11.4 Å². The lowest BCUT2D eigenvalue weighted by molar-refractivity contribution is 0.00192. The molecular weight excluding hydrogens is 262 g/mol. The van der Waals surface area contributed by atoms with E-state index in [4.69, 9.17) is 4.74 Å². The number of aliphatic hydroxyl groups is 1. The van der Waals surface area contributed by atoms with E-state index in [-0.39, 0.29) is 17.4 Å². The molecule has 1 aliphatic carbocycles. The van der Waals surface area contributed by atoms with Crippen LogP contribution in [0.25, 0.3) is 0 Å². The molecule has 1 aromatic rings. The molecule has 1 amide bonds. The Bertz CT molecular complexity index is 446. The van der Waals surface area contributed by atoms with Gasteiger partial charge in [-0.1, -0.05) is 19.8 Å². The summed E-state index contributed by atoms with van der Waals surface area (Å²) in [6, 6.07) is 1.79. The van der Waals surface area contributed by atoms with Gasteiger partial charge >= 0.3 is 0 Å². The summed E-state index contributed by atoms with van der Waals surface area (Å²) in [5, 5.41) is 14.9. The number of hydrogen-bond acceptors (Lipinski definition) is 4. The van der Waals surface area contributed by atoms with Crippen LogP contribution >= 0.6 is 11.3 Å². The summed E-state index contributed by atoms with van der Waals surface area (Å²) in [6.07, 6.45) is 3.65. The van der Waals surface area contributed by atoms with Crippen molar-refractivity contribution < 1.29 is 14.6 Å². The van der Waals surface area contributed by atoms with Gasteiger partial charge in [-0.15, -0.1) is 11.3 Å². The Labute approximate surface area is 117 Å². The highest BCUT2D eigenvalue weighted by Gasteiger charge is 2.35. The minimum atomic E-state index is -0.327. The van der Waals surface area contributed by atoms with E-state index in [1.165, 1.54) is 11.3 Å². The molecule has 2 N–H and O–H groups in total. The van der Waals surface area contributed by atoms with Crippen LogP contribution in [0.5, 0.6) is 5.75 Å². The Morgan fingerprint density at radius 2 is 2.42 bits per heavy atom. The number of nitrogens with one attached hydrogen (secondary N) is 1. The minimum Gasteiger partial charge on any atom is -0.495 e. The molecule has 1 aromatic heterocycles. The van der Waals surface area contributed by atoms with Gasteiger partial charge in [0.2, 0.25) is 0 Å². The van der Waals surface area contributed by atoms with Gasteiger partial charge in [-0.2, -0.15) is 0 Å². The first-order valence-corrected chi connectivity index (χ1v) is 7.52. The Morgan fingerprint density at radius 1 is 1.63 bits per heavy atom. The first-order valence-electron chi connectivity index (χ1n) is 6.64. The Morgan fingerprint density at radius 3 is 3.11 bits per heavy atom. The molecule has 0 bridgehead atoms. The molecule has 1 heterocycles. The fourth-order valence-corrected chi connectivity index (χ4v) is 3.35. The van der Waals surface area contributed by atoms with Crippen LogP contribution in [-0.4, -0.2) is 30.8 Å². The number of thiophene rings is 1. The Hall–Kier alpha value is -1.07. The van der Waals surface area contributed by atoms with Crippen LogP contribution in [0, 0.1) is 5.41 Å². The largest absolute Gasteiger partial charge is 0.495 e. The quantitative estimate of drug-likeness (QED) is 0.892. The van der Waals surface area contributed by atoms with Gasteiger partial charge in [-0.3, -0.25) is 4.79 Å². The van der Waals surface area contributed by atoms with Crippen LogP contribution in [-0.2, 0) is 0 Å². The number of carbonyl (C=O) groups is 1. The maximum absolute atomic E-state index is 12.1. The fourth-order valence-electron chi connectivity index (χ4n) is 2.57. The minimum absolute atomic E-state index is 0.120. The highest BCUT2D eigenvalue weighted by Crippen LogP contribution is 2.35. The normalized spacial score (nSPS) is 27.0. The van der Waals surface area contributed by atoms with Crippen LogP contribution in [0.2, 0.25) is 0 Å². The molecule has 2 atom stereocenters. The number of ether oxygens (including phenoxy) is 1. The molecule has 106 valence electrons. The topological polar surface area (TPSA) is 58.6 Å². The lowest BCUT2D eigenvalue weighted by atomic mass is 9.73. The van der Waals surface area contributed by atoms with E-state index in [9.17, 15) is 9.90 Å². The first kappa shape index (κ1) is 14.3. The predicted molar refractivity (Wildman–Crippen MR) is 75.8 cm³/mol. The van der Waals surface area contributed by atoms with Gasteiger partial charge in [-0.25, -0.2) is 0 Å². The van der Waals surface area contributed by atoms with Crippen LogP contribution in [0.3, 0.4) is 0 Å². The van der Waals surface area contributed by atoms with Gasteiger partial charge in [-0.05, 0) is 24.3 Å². The Kier molecular flexibility index (Phi) is 4.47. The van der Waals surface area contributed by atoms with Crippen LogP contribution < -0.4 is 10.1 Å². The van der Waals surface area contributed by atoms with Gasteiger partial charge in [0.25, 0.3) is 5.91 Å². The SMILES string of the molecule is COc1ccsc1C(=O)NC[C@@]1(C)CCCC[C@@H]1O. The number of rotatable bonds is 4. The summed E-state index contributed by atoms with van der Waals surface area (Å²) in [5.74, 6) is 0.489. The lowest BCUT2D eigenvalue weighted by Gasteiger charge is -2.38. The molecule has 4 nitrogen and oxygen atoms in total. The third-order valence-corrected chi connectivity index (χ3v) is 4.88. The summed E-state index contributed by atoms with van der Waals surface area (Å²) in [5.41, 5.74) is -0.210. The van der Waals surface area contributed by atoms with Crippen molar-refractivity contribution in [2.45, 2.75) is 38.7 Å². The number of methoxy groups -OCH3 is 1. The molecule has 5 heteroatoms. The molecular formula is C14H21NO3S. The van der Waals surface area contributed by atoms with Crippen LogP contribution in [0.1, 0.15) is 42.3 Å². The second-order valence-corrected chi connectivity index (χ2v) is 6.33. The second-order valence-electron chi connectivity index (χ2n) is 5.42. The zero-order valence-corrected chi connectivity index (χ0v) is 12.3. The van der Waals surface area contributed by atoms with E-state index < -0.39 is 0 Å². The van der Waals surface area contributed by atoms with Gasteiger partial charge < -0.3 is 15.2 Å². The molecule has 19 heavy (non-hydrogen) atoms. The third kappa shape index (κ3) is 3.09. The molecule has 1 aliphatic rings. The van der Waals surface area contributed by atoms with E-state index >= 15 is 0 Å². The number of hydrogen-bond donors (Lipinski definition) is 2. The van der Waals surface area contributed by atoms with Gasteiger partial charge in [0.05, 0.1) is 13.2 Å². The summed E-state index contributed by atoms with van der Waals surface area (Å²) >= 11 is 1.37. The van der Waals surface area contributed by atoms with Crippen LogP contribution in [0.4, 0.5) is 0 Å². The average Bonchev–Trinajstić information content (AvgIpc) is 2.88. The molecule has 1 fully saturated rings. The average molecular weight is 283 g/mol. The van der Waals surface area contributed by atoms with Crippen molar-refractivity contribution in [3.63, 3.8) is 0 Å². The zero-order valence-electron chi connectivity index (χ0n) is 11.4. The first-order chi connectivity index (χ1) is 9.07. The van der Waals surface area contributed by atoms with Crippen molar-refractivity contribution in [3.05, 3.63) is 16.3 Å². The highest BCUT2D eigenvalue weighted by atomic mass is 32.1. The smallest absolute Gasteiger partial charge is 0.265 e. The predicted octanol–water partition coefficient (Wildman–Crippen LogP) is 2.43. The highest BCUT2D eigenvalue weighted by molar-refractivity contribution is 7.12. The van der Waals surface area contributed by atoms with Crippen molar-refractivity contribution in [1.29, 1.82) is 0 Å². The maximum atomic E-state index is 12.1. The number of aliphatic hydroxyl groups excluding tert-OH is 1. The van der Waals surface area contributed by atoms with Crippen molar-refractivity contribution in [1.82, 2.24) is 5.32 Å². The van der Waals surface area contributed by atoms with Crippen molar-refractivity contribution in [2.75, 3.05) is 13.7 Å². The summed E-state index contributed by atoms with van der Waals surface area (Å²) in [4.78, 5) is 12.7. The summed E-state index contributed by atoms with van der Waals surface area (Å²) in [6.45, 7) is 2.55. The fraction of sp³-hybridized carbons (Fsp3) is 0.643. The van der Waals surface area contributed by atoms with Gasteiger partial charge in [0.15, 0.2) is 0 Å². The van der Waals surface area contributed by atoms with E-state index in [1.807, 2.05) is 12.3 Å². The number of amides is 1. The van der Waals surface area contributed by atoms with Crippen molar-refractivity contribution >= 4 is 17.2 Å². The molecule has 0 unspecified atom stereocenters. The van der Waals surface area contributed by atoms with E-state index in [0.29, 0.717) is 17.2 Å². The monoisotopic (exact) mass is 283 g/mol. The third-order valence-electron chi connectivity index (χ3n) is 3.99. The van der Waals surface area contributed by atoms with Gasteiger partial charge in [0.1, 0.15) is 10.6 Å². The molecule has 0 aliphatic heterocycles. The van der Waals surface area contributed by atoms with Gasteiger partial charge in [0, 0.05) is 12.0 Å². The molecule has 0 aromatic carbocycles. The van der Waals surface area contributed by atoms with Crippen molar-refractivity contribution in [3.8, 4) is 5.75 Å². The summed E-state index contributed by atoms with van der Waals surface area (Å²) in [7, 11) is 1.56.